The number of nitro groups is 1. The standard InChI is InChI=1S/C10H12FN3O4S/c11-7-3-4-9(8(6-7)14(15)16)19(17,18)13-5-1-2-10(13)12/h3-4,6,10H,1-2,5,12H2. The molecule has 0 bridgehead atoms. The molecule has 0 spiro atoms. The van der Waals surface area contributed by atoms with Gasteiger partial charge < -0.3 is 5.73 Å². The Morgan fingerprint density at radius 3 is 2.68 bits per heavy atom. The molecule has 1 aromatic carbocycles. The van der Waals surface area contributed by atoms with E-state index < -0.39 is 37.5 Å². The van der Waals surface area contributed by atoms with Crippen molar-refractivity contribution in [3.63, 3.8) is 0 Å². The first-order valence-electron chi connectivity index (χ1n) is 5.55. The Morgan fingerprint density at radius 2 is 2.16 bits per heavy atom. The molecule has 0 amide bonds. The summed E-state index contributed by atoms with van der Waals surface area (Å²) >= 11 is 0. The van der Waals surface area contributed by atoms with Gasteiger partial charge in [0.05, 0.1) is 17.2 Å². The third-order valence-corrected chi connectivity index (χ3v) is 4.92. The number of sulfonamides is 1. The molecule has 1 unspecified atom stereocenters. The van der Waals surface area contributed by atoms with E-state index in [1.54, 1.807) is 0 Å². The fourth-order valence-electron chi connectivity index (χ4n) is 2.04. The largest absolute Gasteiger partial charge is 0.315 e. The minimum absolute atomic E-state index is 0.206. The van der Waals surface area contributed by atoms with Gasteiger partial charge in [0.15, 0.2) is 4.90 Å². The molecular weight excluding hydrogens is 277 g/mol. The summed E-state index contributed by atoms with van der Waals surface area (Å²) in [4.78, 5) is 9.39. The smallest absolute Gasteiger partial charge is 0.292 e. The summed E-state index contributed by atoms with van der Waals surface area (Å²) in [5, 5.41) is 10.8. The Bertz CT molecular complexity index is 619. The van der Waals surface area contributed by atoms with Crippen LogP contribution in [0.1, 0.15) is 12.8 Å². The number of nitro benzene ring substituents is 1. The van der Waals surface area contributed by atoms with E-state index in [9.17, 15) is 22.9 Å². The van der Waals surface area contributed by atoms with E-state index in [0.717, 1.165) is 16.4 Å². The van der Waals surface area contributed by atoms with Crippen LogP contribution in [0.4, 0.5) is 10.1 Å². The molecule has 0 saturated carbocycles. The molecule has 7 nitrogen and oxygen atoms in total. The Labute approximate surface area is 109 Å². The lowest BCUT2D eigenvalue weighted by molar-refractivity contribution is -0.388. The van der Waals surface area contributed by atoms with Gasteiger partial charge >= 0.3 is 0 Å². The zero-order chi connectivity index (χ0) is 14.2. The fourth-order valence-corrected chi connectivity index (χ4v) is 3.76. The zero-order valence-electron chi connectivity index (χ0n) is 9.82. The molecule has 2 rings (SSSR count). The fraction of sp³-hybridized carbons (Fsp3) is 0.400. The minimum Gasteiger partial charge on any atom is -0.315 e. The molecule has 1 atom stereocenters. The third kappa shape index (κ3) is 2.44. The maximum atomic E-state index is 13.0. The Hall–Kier alpha value is -1.58. The maximum Gasteiger partial charge on any atom is 0.292 e. The van der Waals surface area contributed by atoms with Gasteiger partial charge in [-0.1, -0.05) is 0 Å². The van der Waals surface area contributed by atoms with Crippen molar-refractivity contribution >= 4 is 15.7 Å². The number of nitrogens with two attached hydrogens (primary N) is 1. The van der Waals surface area contributed by atoms with Crippen LogP contribution < -0.4 is 5.73 Å². The van der Waals surface area contributed by atoms with Crippen molar-refractivity contribution in [3.05, 3.63) is 34.1 Å². The van der Waals surface area contributed by atoms with E-state index in [1.807, 2.05) is 0 Å². The molecule has 0 aromatic heterocycles. The van der Waals surface area contributed by atoms with E-state index in [0.29, 0.717) is 18.9 Å². The average molecular weight is 289 g/mol. The summed E-state index contributed by atoms with van der Waals surface area (Å²) in [5.74, 6) is -0.864. The van der Waals surface area contributed by atoms with Gasteiger partial charge in [-0.15, -0.1) is 0 Å². The number of hydrogen-bond acceptors (Lipinski definition) is 5. The highest BCUT2D eigenvalue weighted by Crippen LogP contribution is 2.30. The zero-order valence-corrected chi connectivity index (χ0v) is 10.6. The molecule has 1 aliphatic heterocycles. The molecule has 1 aliphatic rings. The van der Waals surface area contributed by atoms with E-state index in [4.69, 9.17) is 5.73 Å². The quantitative estimate of drug-likeness (QED) is 0.654. The van der Waals surface area contributed by atoms with Gasteiger partial charge in [-0.25, -0.2) is 12.8 Å². The van der Waals surface area contributed by atoms with Crippen LogP contribution in [-0.4, -0.2) is 30.4 Å². The van der Waals surface area contributed by atoms with Crippen LogP contribution in [0.25, 0.3) is 0 Å². The number of rotatable bonds is 3. The topological polar surface area (TPSA) is 107 Å². The van der Waals surface area contributed by atoms with E-state index in [-0.39, 0.29) is 6.54 Å². The molecule has 1 heterocycles. The van der Waals surface area contributed by atoms with Crippen molar-refractivity contribution in [3.8, 4) is 0 Å². The van der Waals surface area contributed by atoms with Gasteiger partial charge in [-0.2, -0.15) is 4.31 Å². The first kappa shape index (κ1) is 13.8. The second-order valence-corrected chi connectivity index (χ2v) is 6.05. The van der Waals surface area contributed by atoms with Crippen molar-refractivity contribution in [2.75, 3.05) is 6.54 Å². The van der Waals surface area contributed by atoms with Crippen molar-refractivity contribution in [2.45, 2.75) is 23.9 Å². The lowest BCUT2D eigenvalue weighted by Crippen LogP contribution is -2.41. The number of hydrogen-bond donors (Lipinski definition) is 1. The van der Waals surface area contributed by atoms with Crippen molar-refractivity contribution in [2.24, 2.45) is 5.73 Å². The summed E-state index contributed by atoms with van der Waals surface area (Å²) in [6, 6.07) is 2.36. The molecule has 1 aromatic rings. The number of benzene rings is 1. The first-order chi connectivity index (χ1) is 8.84. The molecule has 0 radical (unpaired) electrons. The van der Waals surface area contributed by atoms with Crippen LogP contribution in [0.5, 0.6) is 0 Å². The Morgan fingerprint density at radius 1 is 1.47 bits per heavy atom. The normalized spacial score (nSPS) is 20.6. The SMILES string of the molecule is NC1CCCN1S(=O)(=O)c1ccc(F)cc1[N+](=O)[O-]. The van der Waals surface area contributed by atoms with Crippen molar-refractivity contribution in [1.29, 1.82) is 0 Å². The summed E-state index contributed by atoms with van der Waals surface area (Å²) in [5.41, 5.74) is 4.88. The van der Waals surface area contributed by atoms with Crippen molar-refractivity contribution < 1.29 is 17.7 Å². The predicted molar refractivity (Wildman–Crippen MR) is 64.2 cm³/mol. The lowest BCUT2D eigenvalue weighted by atomic mass is 10.3. The molecule has 1 saturated heterocycles. The molecular formula is C10H12FN3O4S. The monoisotopic (exact) mass is 289 g/mol. The van der Waals surface area contributed by atoms with Gasteiger partial charge in [0.1, 0.15) is 5.82 Å². The van der Waals surface area contributed by atoms with Gasteiger partial charge in [0, 0.05) is 6.54 Å². The van der Waals surface area contributed by atoms with Gasteiger partial charge in [-0.05, 0) is 25.0 Å². The third-order valence-electron chi connectivity index (χ3n) is 2.95. The number of halogens is 1. The van der Waals surface area contributed by atoms with E-state index >= 15 is 0 Å². The van der Waals surface area contributed by atoms with Gasteiger partial charge in [0.2, 0.25) is 0 Å². The summed E-state index contributed by atoms with van der Waals surface area (Å²) in [7, 11) is -4.08. The number of nitrogens with zero attached hydrogens (tertiary/aromatic N) is 2. The molecule has 1 fully saturated rings. The van der Waals surface area contributed by atoms with Crippen LogP contribution in [0, 0.1) is 15.9 Å². The second kappa shape index (κ2) is 4.83. The van der Waals surface area contributed by atoms with Gasteiger partial charge in [-0.3, -0.25) is 10.1 Å². The van der Waals surface area contributed by atoms with Crippen LogP contribution in [-0.2, 0) is 10.0 Å². The molecule has 19 heavy (non-hydrogen) atoms. The highest BCUT2D eigenvalue weighted by molar-refractivity contribution is 7.89. The average Bonchev–Trinajstić information content (AvgIpc) is 2.75. The van der Waals surface area contributed by atoms with Crippen LogP contribution in [0.15, 0.2) is 23.1 Å². The minimum atomic E-state index is -4.08. The van der Waals surface area contributed by atoms with E-state index in [2.05, 4.69) is 0 Å². The lowest BCUT2D eigenvalue weighted by Gasteiger charge is -2.20. The maximum absolute atomic E-state index is 13.0. The summed E-state index contributed by atoms with van der Waals surface area (Å²) in [6.07, 6.45) is 0.388. The molecule has 2 N–H and O–H groups in total. The Balaban J connectivity index is 2.55. The van der Waals surface area contributed by atoms with Crippen molar-refractivity contribution in [1.82, 2.24) is 4.31 Å². The predicted octanol–water partition coefficient (Wildman–Crippen LogP) is 0.803. The summed E-state index contributed by atoms with van der Waals surface area (Å²) in [6.45, 7) is 0.206. The molecule has 9 heteroatoms. The second-order valence-electron chi connectivity index (χ2n) is 4.19. The van der Waals surface area contributed by atoms with E-state index in [1.165, 1.54) is 0 Å². The Kier molecular flexibility index (Phi) is 3.52. The van der Waals surface area contributed by atoms with Crippen LogP contribution >= 0.6 is 0 Å². The highest BCUT2D eigenvalue weighted by atomic mass is 32.2. The molecule has 0 aliphatic carbocycles. The highest BCUT2D eigenvalue weighted by Gasteiger charge is 2.37. The molecule has 104 valence electrons. The van der Waals surface area contributed by atoms with Crippen LogP contribution in [0.2, 0.25) is 0 Å². The van der Waals surface area contributed by atoms with Crippen LogP contribution in [0.3, 0.4) is 0 Å². The summed E-state index contributed by atoms with van der Waals surface area (Å²) < 4.78 is 38.6. The van der Waals surface area contributed by atoms with Gasteiger partial charge in [0.25, 0.3) is 15.7 Å². The first-order valence-corrected chi connectivity index (χ1v) is 6.99.